The van der Waals surface area contributed by atoms with Crippen molar-refractivity contribution < 1.29 is 14.3 Å². The number of carbonyl (C=O) groups is 1. The molecule has 1 aromatic carbocycles. The van der Waals surface area contributed by atoms with Gasteiger partial charge in [-0.3, -0.25) is 4.90 Å². The van der Waals surface area contributed by atoms with Crippen LogP contribution in [0.15, 0.2) is 18.2 Å². The minimum Gasteiger partial charge on any atom is -0.495 e. The first-order chi connectivity index (χ1) is 14.1. The van der Waals surface area contributed by atoms with Crippen LogP contribution in [0.5, 0.6) is 5.75 Å². The van der Waals surface area contributed by atoms with E-state index in [0.717, 1.165) is 56.1 Å². The van der Waals surface area contributed by atoms with Crippen LogP contribution in [0.2, 0.25) is 0 Å². The molecule has 3 rings (SSSR count). The molecule has 0 aromatic heterocycles. The molecule has 2 aliphatic heterocycles. The van der Waals surface area contributed by atoms with Crippen LogP contribution in [0, 0.1) is 0 Å². The van der Waals surface area contributed by atoms with E-state index in [-0.39, 0.29) is 18.2 Å². The number of ether oxygens (including phenoxy) is 2. The van der Waals surface area contributed by atoms with Gasteiger partial charge in [-0.2, -0.15) is 0 Å². The van der Waals surface area contributed by atoms with Gasteiger partial charge in [0.15, 0.2) is 0 Å². The normalized spacial score (nSPS) is 24.1. The zero-order chi connectivity index (χ0) is 22.1. The van der Waals surface area contributed by atoms with E-state index < -0.39 is 5.60 Å². The van der Waals surface area contributed by atoms with Crippen molar-refractivity contribution in [1.29, 1.82) is 0 Å². The number of nitrogen functional groups attached to an aromatic ring is 1. The number of methoxy groups -OCH3 is 1. The Hall–Kier alpha value is -2.15. The lowest BCUT2D eigenvalue weighted by Gasteiger charge is -2.48. The molecule has 2 saturated heterocycles. The second-order valence-corrected chi connectivity index (χ2v) is 9.69. The zero-order valence-corrected chi connectivity index (χ0v) is 19.4. The fourth-order valence-electron chi connectivity index (χ4n) is 4.76. The van der Waals surface area contributed by atoms with Crippen LogP contribution in [0.3, 0.4) is 0 Å². The molecule has 0 saturated carbocycles. The van der Waals surface area contributed by atoms with Crippen molar-refractivity contribution in [2.75, 3.05) is 43.9 Å². The fraction of sp³-hybridized carbons (Fsp3) is 0.696. The van der Waals surface area contributed by atoms with Crippen molar-refractivity contribution in [3.8, 4) is 5.75 Å². The third-order valence-electron chi connectivity index (χ3n) is 6.08. The highest BCUT2D eigenvalue weighted by Gasteiger charge is 2.38. The van der Waals surface area contributed by atoms with Crippen molar-refractivity contribution in [3.63, 3.8) is 0 Å². The number of hydrogen-bond donors (Lipinski definition) is 1. The van der Waals surface area contributed by atoms with Crippen molar-refractivity contribution >= 4 is 17.5 Å². The van der Waals surface area contributed by atoms with Gasteiger partial charge in [0.1, 0.15) is 11.4 Å². The van der Waals surface area contributed by atoms with Gasteiger partial charge in [-0.15, -0.1) is 0 Å². The molecule has 0 aliphatic carbocycles. The smallest absolute Gasteiger partial charge is 0.410 e. The molecule has 30 heavy (non-hydrogen) atoms. The van der Waals surface area contributed by atoms with Gasteiger partial charge in [-0.05, 0) is 59.6 Å². The van der Waals surface area contributed by atoms with Crippen LogP contribution in [-0.2, 0) is 4.74 Å². The molecule has 2 aliphatic rings. The van der Waals surface area contributed by atoms with Crippen LogP contribution < -0.4 is 15.4 Å². The van der Waals surface area contributed by atoms with Crippen LogP contribution in [0.25, 0.3) is 0 Å². The maximum atomic E-state index is 12.7. The molecule has 2 atom stereocenters. The van der Waals surface area contributed by atoms with Gasteiger partial charge < -0.3 is 25.0 Å². The van der Waals surface area contributed by atoms with Crippen molar-refractivity contribution in [3.05, 3.63) is 18.2 Å². The number of anilines is 2. The molecule has 1 aromatic rings. The molecule has 7 nitrogen and oxygen atoms in total. The van der Waals surface area contributed by atoms with Gasteiger partial charge in [0, 0.05) is 56.1 Å². The van der Waals surface area contributed by atoms with Crippen LogP contribution in [-0.4, -0.2) is 72.9 Å². The van der Waals surface area contributed by atoms with Gasteiger partial charge >= 0.3 is 6.09 Å². The van der Waals surface area contributed by atoms with Crippen LogP contribution in [0.1, 0.15) is 47.5 Å². The van der Waals surface area contributed by atoms with E-state index in [4.69, 9.17) is 15.2 Å². The fourth-order valence-corrected chi connectivity index (χ4v) is 4.76. The summed E-state index contributed by atoms with van der Waals surface area (Å²) in [5, 5.41) is 0. The summed E-state index contributed by atoms with van der Waals surface area (Å²) >= 11 is 0. The quantitative estimate of drug-likeness (QED) is 0.757. The summed E-state index contributed by atoms with van der Waals surface area (Å²) in [6.07, 6.45) is 1.99. The van der Waals surface area contributed by atoms with Gasteiger partial charge in [0.2, 0.25) is 0 Å². The number of nitrogens with zero attached hydrogens (tertiary/aromatic N) is 3. The number of benzene rings is 1. The van der Waals surface area contributed by atoms with Crippen molar-refractivity contribution in [2.24, 2.45) is 0 Å². The van der Waals surface area contributed by atoms with E-state index in [2.05, 4.69) is 29.7 Å². The third-order valence-corrected chi connectivity index (χ3v) is 6.08. The number of piperidine rings is 1. The summed E-state index contributed by atoms with van der Waals surface area (Å²) in [7, 11) is 1.69. The maximum Gasteiger partial charge on any atom is 0.410 e. The summed E-state index contributed by atoms with van der Waals surface area (Å²) in [5.41, 5.74) is 7.27. The van der Waals surface area contributed by atoms with E-state index in [1.807, 2.05) is 37.8 Å². The molecule has 0 radical (unpaired) electrons. The van der Waals surface area contributed by atoms with E-state index >= 15 is 0 Å². The summed E-state index contributed by atoms with van der Waals surface area (Å²) in [6.45, 7) is 13.8. The van der Waals surface area contributed by atoms with Crippen molar-refractivity contribution in [1.82, 2.24) is 9.80 Å². The first-order valence-electron chi connectivity index (χ1n) is 11.0. The van der Waals surface area contributed by atoms with Gasteiger partial charge in [0.05, 0.1) is 12.8 Å². The summed E-state index contributed by atoms with van der Waals surface area (Å²) < 4.78 is 11.2. The SMILES string of the molecule is COc1cc(N)ccc1N1CCC(N2C[C@@H](C)N(C(=O)OC(C)(C)C)[C@@H](C)C2)CC1. The average molecular weight is 419 g/mol. The lowest BCUT2D eigenvalue weighted by Crippen LogP contribution is -2.62. The lowest BCUT2D eigenvalue weighted by molar-refractivity contribution is -0.0244. The molecule has 168 valence electrons. The third kappa shape index (κ3) is 5.12. The predicted octanol–water partition coefficient (Wildman–Crippen LogP) is 3.58. The first-order valence-corrected chi connectivity index (χ1v) is 11.0. The number of rotatable bonds is 3. The molecule has 0 bridgehead atoms. The Morgan fingerprint density at radius 3 is 2.23 bits per heavy atom. The van der Waals surface area contributed by atoms with Gasteiger partial charge in [0.25, 0.3) is 0 Å². The molecular formula is C23H38N4O3. The Kier molecular flexibility index (Phi) is 6.70. The van der Waals surface area contributed by atoms with Gasteiger partial charge in [-0.1, -0.05) is 0 Å². The summed E-state index contributed by atoms with van der Waals surface area (Å²) in [4.78, 5) is 19.5. The molecule has 2 fully saturated rings. The van der Waals surface area contributed by atoms with Gasteiger partial charge in [-0.25, -0.2) is 4.79 Å². The number of piperazine rings is 1. The standard InChI is InChI=1S/C23H38N4O3/c1-16-14-26(15-17(2)27(16)22(28)30-23(3,4)5)19-9-11-25(12-10-19)20-8-7-18(24)13-21(20)29-6/h7-8,13,16-17,19H,9-12,14-15,24H2,1-6H3/t16-,17+. The number of nitrogens with two attached hydrogens (primary N) is 1. The Labute approximate surface area is 181 Å². The average Bonchev–Trinajstić information content (AvgIpc) is 2.66. The Bertz CT molecular complexity index is 728. The molecular weight excluding hydrogens is 380 g/mol. The molecule has 0 unspecified atom stereocenters. The number of amides is 1. The van der Waals surface area contributed by atoms with Crippen LogP contribution >= 0.6 is 0 Å². The monoisotopic (exact) mass is 418 g/mol. The van der Waals surface area contributed by atoms with E-state index in [1.54, 1.807) is 7.11 Å². The highest BCUT2D eigenvalue weighted by molar-refractivity contribution is 5.69. The second kappa shape index (κ2) is 8.92. The van der Waals surface area contributed by atoms with E-state index in [1.165, 1.54) is 0 Å². The van der Waals surface area contributed by atoms with Crippen molar-refractivity contribution in [2.45, 2.75) is 71.2 Å². The number of hydrogen-bond acceptors (Lipinski definition) is 6. The minimum atomic E-state index is -0.469. The zero-order valence-electron chi connectivity index (χ0n) is 19.4. The van der Waals surface area contributed by atoms with E-state index in [0.29, 0.717) is 6.04 Å². The van der Waals surface area contributed by atoms with Crippen LogP contribution in [0.4, 0.5) is 16.2 Å². The molecule has 0 spiro atoms. The Balaban J connectivity index is 1.59. The Morgan fingerprint density at radius 1 is 1.10 bits per heavy atom. The largest absolute Gasteiger partial charge is 0.495 e. The molecule has 2 heterocycles. The summed E-state index contributed by atoms with van der Waals surface area (Å²) in [6, 6.07) is 6.69. The highest BCUT2D eigenvalue weighted by atomic mass is 16.6. The summed E-state index contributed by atoms with van der Waals surface area (Å²) in [5.74, 6) is 0.835. The number of carbonyl (C=O) groups excluding carboxylic acids is 1. The lowest BCUT2D eigenvalue weighted by atomic mass is 9.98. The molecule has 1 amide bonds. The Morgan fingerprint density at radius 2 is 1.70 bits per heavy atom. The highest BCUT2D eigenvalue weighted by Crippen LogP contribution is 2.33. The predicted molar refractivity (Wildman–Crippen MR) is 121 cm³/mol. The van der Waals surface area contributed by atoms with E-state index in [9.17, 15) is 4.79 Å². The first kappa shape index (κ1) is 22.5. The topological polar surface area (TPSA) is 71.3 Å². The minimum absolute atomic E-state index is 0.138. The molecule has 2 N–H and O–H groups in total. The maximum absolute atomic E-state index is 12.7. The molecule has 7 heteroatoms. The second-order valence-electron chi connectivity index (χ2n) is 9.69.